The highest BCUT2D eigenvalue weighted by Gasteiger charge is 2.16. The van der Waals surface area contributed by atoms with Crippen LogP contribution in [0.3, 0.4) is 0 Å². The Morgan fingerprint density at radius 1 is 1.19 bits per heavy atom. The molecule has 0 atom stereocenters. The van der Waals surface area contributed by atoms with Gasteiger partial charge in [0.1, 0.15) is 13.2 Å². The van der Waals surface area contributed by atoms with Crippen molar-refractivity contribution in [3.05, 3.63) is 51.8 Å². The maximum Gasteiger partial charge on any atom is 0.252 e. The highest BCUT2D eigenvalue weighted by atomic mass is 35.5. The van der Waals surface area contributed by atoms with Gasteiger partial charge >= 0.3 is 0 Å². The van der Waals surface area contributed by atoms with Crippen LogP contribution < -0.4 is 14.3 Å². The Labute approximate surface area is 159 Å². The topological polar surface area (TPSA) is 52.8 Å². The van der Waals surface area contributed by atoms with E-state index in [2.05, 4.69) is 4.99 Å². The third kappa shape index (κ3) is 3.34. The lowest BCUT2D eigenvalue weighted by molar-refractivity contribution is -0.117. The summed E-state index contributed by atoms with van der Waals surface area (Å²) in [6.07, 6.45) is 0.248. The zero-order valence-electron chi connectivity index (χ0n) is 14.2. The number of nitrogens with zero attached hydrogens (tertiary/aromatic N) is 2. The van der Waals surface area contributed by atoms with Gasteiger partial charge < -0.3 is 14.0 Å². The normalized spacial score (nSPS) is 14.0. The number of fused-ring (bicyclic) bond motifs is 2. The van der Waals surface area contributed by atoms with Crippen LogP contribution >= 0.6 is 22.9 Å². The van der Waals surface area contributed by atoms with Crippen molar-refractivity contribution in [3.8, 4) is 11.5 Å². The van der Waals surface area contributed by atoms with E-state index in [-0.39, 0.29) is 12.3 Å². The number of halogens is 1. The first-order valence-electron chi connectivity index (χ1n) is 8.39. The van der Waals surface area contributed by atoms with Crippen LogP contribution in [-0.4, -0.2) is 23.7 Å². The predicted molar refractivity (Wildman–Crippen MR) is 102 cm³/mol. The maximum absolute atomic E-state index is 12.4. The van der Waals surface area contributed by atoms with Crippen molar-refractivity contribution in [2.75, 3.05) is 13.2 Å². The number of carbonyl (C=O) groups is 1. The Morgan fingerprint density at radius 2 is 1.88 bits per heavy atom. The molecule has 5 nitrogen and oxygen atoms in total. The van der Waals surface area contributed by atoms with Crippen molar-refractivity contribution < 1.29 is 14.3 Å². The number of hydrogen-bond acceptors (Lipinski definition) is 4. The number of rotatable bonds is 3. The van der Waals surface area contributed by atoms with Crippen molar-refractivity contribution in [2.24, 2.45) is 4.99 Å². The summed E-state index contributed by atoms with van der Waals surface area (Å²) in [6.45, 7) is 3.85. The summed E-state index contributed by atoms with van der Waals surface area (Å²) in [5.41, 5.74) is 1.89. The molecule has 0 fully saturated rings. The second kappa shape index (κ2) is 7.13. The predicted octanol–water partition coefficient (Wildman–Crippen LogP) is 3.82. The summed E-state index contributed by atoms with van der Waals surface area (Å²) < 4.78 is 14.4. The number of amides is 1. The second-order valence-corrected chi connectivity index (χ2v) is 7.35. The van der Waals surface area contributed by atoms with Crippen molar-refractivity contribution >= 4 is 39.1 Å². The van der Waals surface area contributed by atoms with Crippen LogP contribution in [0.5, 0.6) is 11.5 Å². The summed E-state index contributed by atoms with van der Waals surface area (Å²) in [5, 5.41) is 0.653. The summed E-state index contributed by atoms with van der Waals surface area (Å²) >= 11 is 7.37. The fraction of sp³-hybridized carbons (Fsp3) is 0.263. The molecule has 134 valence electrons. The Hall–Kier alpha value is -2.31. The largest absolute Gasteiger partial charge is 0.486 e. The number of aryl methyl sites for hydroxylation is 1. The van der Waals surface area contributed by atoms with Crippen LogP contribution in [0.2, 0.25) is 5.02 Å². The van der Waals surface area contributed by atoms with Gasteiger partial charge in [-0.2, -0.15) is 4.99 Å². The molecule has 0 bridgehead atoms. The van der Waals surface area contributed by atoms with Crippen molar-refractivity contribution in [2.45, 2.75) is 19.9 Å². The van der Waals surface area contributed by atoms with Crippen LogP contribution in [0, 0.1) is 0 Å². The van der Waals surface area contributed by atoms with Gasteiger partial charge in [0.15, 0.2) is 16.3 Å². The molecule has 1 aromatic heterocycles. The van der Waals surface area contributed by atoms with E-state index in [4.69, 9.17) is 21.1 Å². The minimum Gasteiger partial charge on any atom is -0.486 e. The van der Waals surface area contributed by atoms with Gasteiger partial charge in [0.25, 0.3) is 5.91 Å². The van der Waals surface area contributed by atoms with Gasteiger partial charge in [-0.05, 0) is 24.6 Å². The molecule has 3 aromatic rings. The van der Waals surface area contributed by atoms with Crippen molar-refractivity contribution in [1.29, 1.82) is 0 Å². The number of carbonyl (C=O) groups excluding carboxylic acids is 1. The highest BCUT2D eigenvalue weighted by Crippen LogP contribution is 2.35. The van der Waals surface area contributed by atoms with Gasteiger partial charge in [-0.15, -0.1) is 0 Å². The van der Waals surface area contributed by atoms with Crippen molar-refractivity contribution in [1.82, 2.24) is 4.57 Å². The molecule has 0 N–H and O–H groups in total. The molecule has 1 aliphatic rings. The van der Waals surface area contributed by atoms with E-state index >= 15 is 0 Å². The van der Waals surface area contributed by atoms with Crippen LogP contribution in [-0.2, 0) is 17.8 Å². The lowest BCUT2D eigenvalue weighted by Gasteiger charge is -2.18. The summed E-state index contributed by atoms with van der Waals surface area (Å²) in [5.74, 6) is 1.30. The summed E-state index contributed by atoms with van der Waals surface area (Å²) in [4.78, 5) is 17.4. The van der Waals surface area contributed by atoms with Crippen LogP contribution in [0.4, 0.5) is 0 Å². The van der Waals surface area contributed by atoms with E-state index in [1.807, 2.05) is 35.8 Å². The van der Waals surface area contributed by atoms with Gasteiger partial charge in [0.2, 0.25) is 0 Å². The van der Waals surface area contributed by atoms with Crippen molar-refractivity contribution in [3.63, 3.8) is 0 Å². The molecular weight excluding hydrogens is 372 g/mol. The van der Waals surface area contributed by atoms with Gasteiger partial charge in [-0.1, -0.05) is 35.1 Å². The number of hydrogen-bond donors (Lipinski definition) is 0. The molecule has 26 heavy (non-hydrogen) atoms. The molecule has 4 rings (SSSR count). The molecule has 2 heterocycles. The zero-order chi connectivity index (χ0) is 18.1. The van der Waals surface area contributed by atoms with Gasteiger partial charge in [-0.3, -0.25) is 4.79 Å². The van der Waals surface area contributed by atoms with E-state index in [0.717, 1.165) is 27.3 Å². The lowest BCUT2D eigenvalue weighted by atomic mass is 10.1. The molecule has 0 unspecified atom stereocenters. The minimum atomic E-state index is -0.182. The summed E-state index contributed by atoms with van der Waals surface area (Å²) in [6, 6.07) is 11.2. The molecule has 0 saturated heterocycles. The monoisotopic (exact) mass is 388 g/mol. The zero-order valence-corrected chi connectivity index (χ0v) is 15.8. The maximum atomic E-state index is 12.4. The quantitative estimate of drug-likeness (QED) is 0.685. The fourth-order valence-electron chi connectivity index (χ4n) is 2.92. The Morgan fingerprint density at radius 3 is 2.58 bits per heavy atom. The van der Waals surface area contributed by atoms with E-state index in [1.54, 1.807) is 12.1 Å². The number of thiazole rings is 1. The number of aromatic nitrogens is 1. The van der Waals surface area contributed by atoms with Crippen LogP contribution in [0.15, 0.2) is 41.4 Å². The van der Waals surface area contributed by atoms with Gasteiger partial charge in [0, 0.05) is 23.7 Å². The van der Waals surface area contributed by atoms with Crippen LogP contribution in [0.1, 0.15) is 12.5 Å². The average molecular weight is 389 g/mol. The second-order valence-electron chi connectivity index (χ2n) is 5.90. The number of ether oxygens (including phenoxy) is 2. The first kappa shape index (κ1) is 17.1. The Balaban J connectivity index is 1.71. The smallest absolute Gasteiger partial charge is 0.252 e. The molecule has 0 saturated carbocycles. The first-order valence-corrected chi connectivity index (χ1v) is 9.58. The van der Waals surface area contributed by atoms with Gasteiger partial charge in [0.05, 0.1) is 16.6 Å². The lowest BCUT2D eigenvalue weighted by Crippen LogP contribution is -2.17. The molecule has 1 aliphatic heterocycles. The van der Waals surface area contributed by atoms with E-state index in [0.29, 0.717) is 29.6 Å². The van der Waals surface area contributed by atoms with E-state index < -0.39 is 0 Å². The Bertz CT molecular complexity index is 1040. The molecule has 1 amide bonds. The Kier molecular flexibility index (Phi) is 4.70. The summed E-state index contributed by atoms with van der Waals surface area (Å²) in [7, 11) is 0. The van der Waals surface area contributed by atoms with E-state index in [1.165, 1.54) is 11.3 Å². The SMILES string of the molecule is CCn1c(=NC(=O)Cc2ccc(Cl)cc2)sc2cc3c(cc21)OCCO3. The highest BCUT2D eigenvalue weighted by molar-refractivity contribution is 7.16. The van der Waals surface area contributed by atoms with Gasteiger partial charge in [-0.25, -0.2) is 0 Å². The molecule has 0 aliphatic carbocycles. The molecule has 7 heteroatoms. The first-order chi connectivity index (χ1) is 12.6. The third-order valence-electron chi connectivity index (χ3n) is 4.15. The number of benzene rings is 2. The molecule has 0 spiro atoms. The molecule has 2 aromatic carbocycles. The minimum absolute atomic E-state index is 0.182. The molecule has 0 radical (unpaired) electrons. The third-order valence-corrected chi connectivity index (χ3v) is 5.45. The van der Waals surface area contributed by atoms with E-state index in [9.17, 15) is 4.79 Å². The average Bonchev–Trinajstić information content (AvgIpc) is 2.97. The fourth-order valence-corrected chi connectivity index (χ4v) is 4.17. The molecular formula is C19H17ClN2O3S. The standard InChI is InChI=1S/C19H17ClN2O3S/c1-2-22-14-10-15-16(25-8-7-24-15)11-17(14)26-19(22)21-18(23)9-12-3-5-13(20)6-4-12/h3-6,10-11H,2,7-9H2,1H3. The van der Waals surface area contributed by atoms with Crippen LogP contribution in [0.25, 0.3) is 10.2 Å².